The quantitative estimate of drug-likeness (QED) is 0.915. The van der Waals surface area contributed by atoms with E-state index in [-0.39, 0.29) is 5.91 Å². The highest BCUT2D eigenvalue weighted by atomic mass is 16.1. The van der Waals surface area contributed by atoms with Gasteiger partial charge in [0.15, 0.2) is 0 Å². The summed E-state index contributed by atoms with van der Waals surface area (Å²) in [6.07, 6.45) is 8.49. The summed E-state index contributed by atoms with van der Waals surface area (Å²) in [6, 6.07) is 8.78. The van der Waals surface area contributed by atoms with Crippen molar-refractivity contribution < 1.29 is 4.79 Å². The Hall–Kier alpha value is -1.77. The molecule has 0 spiro atoms. The molecule has 118 valence electrons. The molecule has 1 heterocycles. The molecular weight excluding hydrogens is 272 g/mol. The molecule has 3 heteroatoms. The smallest absolute Gasteiger partial charge is 0.220 e. The van der Waals surface area contributed by atoms with Crippen LogP contribution >= 0.6 is 0 Å². The highest BCUT2D eigenvalue weighted by Crippen LogP contribution is 2.24. The van der Waals surface area contributed by atoms with Gasteiger partial charge in [0.25, 0.3) is 0 Å². The minimum Gasteiger partial charge on any atom is -0.353 e. The molecule has 22 heavy (non-hydrogen) atoms. The summed E-state index contributed by atoms with van der Waals surface area (Å²) < 4.78 is 2.14. The van der Waals surface area contributed by atoms with Gasteiger partial charge >= 0.3 is 0 Å². The van der Waals surface area contributed by atoms with Crippen LogP contribution in [0.15, 0.2) is 30.5 Å². The molecule has 1 aromatic carbocycles. The molecule has 3 nitrogen and oxygen atoms in total. The van der Waals surface area contributed by atoms with Crippen LogP contribution in [-0.2, 0) is 18.3 Å². The maximum Gasteiger partial charge on any atom is 0.220 e. The number of nitrogens with zero attached hydrogens (tertiary/aromatic N) is 1. The van der Waals surface area contributed by atoms with Crippen molar-refractivity contribution in [3.63, 3.8) is 0 Å². The molecule has 1 aromatic heterocycles. The van der Waals surface area contributed by atoms with Crippen molar-refractivity contribution in [1.29, 1.82) is 0 Å². The molecule has 2 atom stereocenters. The topological polar surface area (TPSA) is 34.0 Å². The van der Waals surface area contributed by atoms with Crippen LogP contribution in [0.4, 0.5) is 0 Å². The van der Waals surface area contributed by atoms with E-state index in [4.69, 9.17) is 0 Å². The molecule has 0 bridgehead atoms. The number of carbonyl (C=O) groups excluding carboxylic acids is 1. The predicted molar refractivity (Wildman–Crippen MR) is 90.8 cm³/mol. The highest BCUT2D eigenvalue weighted by Gasteiger charge is 2.22. The fraction of sp³-hybridized carbons (Fsp3) is 0.526. The molecule has 1 N–H and O–H groups in total. The van der Waals surface area contributed by atoms with Gasteiger partial charge in [-0.1, -0.05) is 38.0 Å². The summed E-state index contributed by atoms with van der Waals surface area (Å²) in [5, 5.41) is 4.52. The van der Waals surface area contributed by atoms with Crippen LogP contribution in [0.3, 0.4) is 0 Å². The zero-order chi connectivity index (χ0) is 15.5. The molecule has 3 rings (SSSR count). The molecule has 2 aromatic rings. The third-order valence-electron chi connectivity index (χ3n) is 5.06. The number of fused-ring (bicyclic) bond motifs is 1. The van der Waals surface area contributed by atoms with Crippen LogP contribution in [0.2, 0.25) is 0 Å². The van der Waals surface area contributed by atoms with Gasteiger partial charge in [-0.3, -0.25) is 4.79 Å². The molecule has 1 amide bonds. The van der Waals surface area contributed by atoms with E-state index in [2.05, 4.69) is 54.3 Å². The van der Waals surface area contributed by atoms with Crippen molar-refractivity contribution >= 4 is 16.8 Å². The number of amides is 1. The Kier molecular flexibility index (Phi) is 4.51. The molecule has 1 aliphatic rings. The van der Waals surface area contributed by atoms with Crippen LogP contribution in [0.25, 0.3) is 10.9 Å². The normalized spacial score (nSPS) is 21.9. The first-order valence-electron chi connectivity index (χ1n) is 8.47. The third-order valence-corrected chi connectivity index (χ3v) is 5.06. The first-order chi connectivity index (χ1) is 10.6. The summed E-state index contributed by atoms with van der Waals surface area (Å²) in [5.74, 6) is 0.821. The highest BCUT2D eigenvalue weighted by molar-refractivity contribution is 5.85. The second kappa shape index (κ2) is 6.55. The standard InChI is InChI=1S/C19H26N2O/c1-14-7-3-5-9-17(14)20-19(22)12-11-15-13-21(2)18-10-6-4-8-16(15)18/h4,6,8,10,13-14,17H,3,5,7,9,11-12H2,1-2H3,(H,20,22). The monoisotopic (exact) mass is 298 g/mol. The Balaban J connectivity index is 1.60. The number of benzene rings is 1. The zero-order valence-electron chi connectivity index (χ0n) is 13.6. The summed E-state index contributed by atoms with van der Waals surface area (Å²) in [6.45, 7) is 2.26. The Morgan fingerprint density at radius 3 is 2.86 bits per heavy atom. The van der Waals surface area contributed by atoms with Crippen LogP contribution in [0.5, 0.6) is 0 Å². The average molecular weight is 298 g/mol. The van der Waals surface area contributed by atoms with Crippen molar-refractivity contribution in [2.24, 2.45) is 13.0 Å². The van der Waals surface area contributed by atoms with E-state index in [9.17, 15) is 4.79 Å². The van der Waals surface area contributed by atoms with E-state index < -0.39 is 0 Å². The van der Waals surface area contributed by atoms with Crippen molar-refractivity contribution in [3.05, 3.63) is 36.0 Å². The molecule has 2 unspecified atom stereocenters. The average Bonchev–Trinajstić information content (AvgIpc) is 2.85. The fourth-order valence-corrected chi connectivity index (χ4v) is 3.68. The van der Waals surface area contributed by atoms with Gasteiger partial charge in [0, 0.05) is 36.6 Å². The van der Waals surface area contributed by atoms with Crippen LogP contribution in [0, 0.1) is 5.92 Å². The summed E-state index contributed by atoms with van der Waals surface area (Å²) in [7, 11) is 2.07. The SMILES string of the molecule is CC1CCCCC1NC(=O)CCc1cn(C)c2ccccc12. The minimum atomic E-state index is 0.201. The number of carbonyl (C=O) groups is 1. The van der Waals surface area contributed by atoms with Crippen molar-refractivity contribution in [2.45, 2.75) is 51.5 Å². The molecule has 0 saturated heterocycles. The van der Waals surface area contributed by atoms with Gasteiger partial charge in [-0.2, -0.15) is 0 Å². The van der Waals surface area contributed by atoms with E-state index in [0.717, 1.165) is 12.8 Å². The summed E-state index contributed by atoms with van der Waals surface area (Å²) in [5.41, 5.74) is 2.50. The summed E-state index contributed by atoms with van der Waals surface area (Å²) in [4.78, 5) is 12.3. The molecule has 0 aliphatic heterocycles. The second-order valence-electron chi connectivity index (χ2n) is 6.72. The number of hydrogen-bond acceptors (Lipinski definition) is 1. The lowest BCUT2D eigenvalue weighted by Gasteiger charge is -2.29. The number of para-hydroxylation sites is 1. The lowest BCUT2D eigenvalue weighted by molar-refractivity contribution is -0.122. The van der Waals surface area contributed by atoms with E-state index in [1.165, 1.54) is 35.7 Å². The van der Waals surface area contributed by atoms with Crippen molar-refractivity contribution in [3.8, 4) is 0 Å². The number of nitrogens with one attached hydrogen (secondary N) is 1. The van der Waals surface area contributed by atoms with Gasteiger partial charge in [0.05, 0.1) is 0 Å². The van der Waals surface area contributed by atoms with Gasteiger partial charge in [-0.15, -0.1) is 0 Å². The largest absolute Gasteiger partial charge is 0.353 e. The van der Waals surface area contributed by atoms with Gasteiger partial charge in [-0.25, -0.2) is 0 Å². The van der Waals surface area contributed by atoms with E-state index in [0.29, 0.717) is 18.4 Å². The first-order valence-corrected chi connectivity index (χ1v) is 8.47. The van der Waals surface area contributed by atoms with Gasteiger partial charge in [0.1, 0.15) is 0 Å². The second-order valence-corrected chi connectivity index (χ2v) is 6.72. The number of aryl methyl sites for hydroxylation is 2. The van der Waals surface area contributed by atoms with Gasteiger partial charge < -0.3 is 9.88 Å². The third kappa shape index (κ3) is 3.18. The van der Waals surface area contributed by atoms with Crippen LogP contribution in [-0.4, -0.2) is 16.5 Å². The summed E-state index contributed by atoms with van der Waals surface area (Å²) >= 11 is 0. The molecule has 1 fully saturated rings. The van der Waals surface area contributed by atoms with Gasteiger partial charge in [0.2, 0.25) is 5.91 Å². The Bertz CT molecular complexity index is 658. The molecule has 1 saturated carbocycles. The fourth-order valence-electron chi connectivity index (χ4n) is 3.68. The van der Waals surface area contributed by atoms with Crippen molar-refractivity contribution in [1.82, 2.24) is 9.88 Å². The number of rotatable bonds is 4. The van der Waals surface area contributed by atoms with E-state index in [1.807, 2.05) is 0 Å². The number of aromatic nitrogens is 1. The number of hydrogen-bond donors (Lipinski definition) is 1. The van der Waals surface area contributed by atoms with Crippen LogP contribution in [0.1, 0.15) is 44.6 Å². The minimum absolute atomic E-state index is 0.201. The zero-order valence-corrected chi connectivity index (χ0v) is 13.6. The Morgan fingerprint density at radius 1 is 1.27 bits per heavy atom. The molecule has 0 radical (unpaired) electrons. The van der Waals surface area contributed by atoms with Crippen LogP contribution < -0.4 is 5.32 Å². The maximum atomic E-state index is 12.3. The van der Waals surface area contributed by atoms with E-state index in [1.54, 1.807) is 0 Å². The maximum absolute atomic E-state index is 12.3. The molecular formula is C19H26N2O. The van der Waals surface area contributed by atoms with Crippen molar-refractivity contribution in [2.75, 3.05) is 0 Å². The van der Waals surface area contributed by atoms with E-state index >= 15 is 0 Å². The lowest BCUT2D eigenvalue weighted by Crippen LogP contribution is -2.41. The Labute approximate surface area is 132 Å². The molecule has 1 aliphatic carbocycles. The Morgan fingerprint density at radius 2 is 2.05 bits per heavy atom. The first kappa shape index (κ1) is 15.1. The van der Waals surface area contributed by atoms with Gasteiger partial charge in [-0.05, 0) is 36.8 Å². The lowest BCUT2D eigenvalue weighted by atomic mass is 9.86. The predicted octanol–water partition coefficient (Wildman–Crippen LogP) is 3.81.